The normalized spacial score (nSPS) is 19.1. The largest absolute Gasteiger partial charge is 0.445 e. The molecular formula is C13H15NO3. The van der Waals surface area contributed by atoms with E-state index in [0.717, 1.165) is 5.56 Å². The first-order valence-corrected chi connectivity index (χ1v) is 5.56. The summed E-state index contributed by atoms with van der Waals surface area (Å²) in [6.07, 6.45) is 2.46. The van der Waals surface area contributed by atoms with Crippen LogP contribution in [0.5, 0.6) is 0 Å². The van der Waals surface area contributed by atoms with Crippen molar-refractivity contribution in [3.63, 3.8) is 0 Å². The number of β-amino-alcohol motifs (C(OH)–C–C–N with tert-alkyl or cyclic N) is 1. The second-order valence-electron chi connectivity index (χ2n) is 3.94. The Morgan fingerprint density at radius 3 is 2.88 bits per heavy atom. The van der Waals surface area contributed by atoms with Crippen molar-refractivity contribution in [1.29, 1.82) is 0 Å². The maximum absolute atomic E-state index is 11.7. The summed E-state index contributed by atoms with van der Waals surface area (Å²) in [6, 6.07) is 9.51. The lowest BCUT2D eigenvalue weighted by molar-refractivity contribution is 0.0796. The van der Waals surface area contributed by atoms with Crippen LogP contribution < -0.4 is 0 Å². The molecule has 0 aliphatic carbocycles. The molecule has 90 valence electrons. The van der Waals surface area contributed by atoms with Crippen LogP contribution >= 0.6 is 0 Å². The van der Waals surface area contributed by atoms with Crippen molar-refractivity contribution < 1.29 is 14.6 Å². The molecule has 0 unspecified atom stereocenters. The summed E-state index contributed by atoms with van der Waals surface area (Å²) in [7, 11) is 0. The zero-order valence-corrected chi connectivity index (χ0v) is 9.45. The van der Waals surface area contributed by atoms with Gasteiger partial charge < -0.3 is 14.7 Å². The minimum Gasteiger partial charge on any atom is -0.445 e. The lowest BCUT2D eigenvalue weighted by atomic mass is 10.2. The van der Waals surface area contributed by atoms with E-state index in [0.29, 0.717) is 13.1 Å². The molecule has 1 aliphatic rings. The number of nitrogens with zero attached hydrogens (tertiary/aromatic N) is 1. The van der Waals surface area contributed by atoms with Gasteiger partial charge in [-0.3, -0.25) is 0 Å². The highest BCUT2D eigenvalue weighted by Gasteiger charge is 2.19. The Morgan fingerprint density at radius 1 is 1.41 bits per heavy atom. The first kappa shape index (κ1) is 11.7. The Hall–Kier alpha value is -1.81. The molecule has 2 rings (SSSR count). The first-order valence-electron chi connectivity index (χ1n) is 5.56. The lowest BCUT2D eigenvalue weighted by Gasteiger charge is -2.25. The number of carbonyl (C=O) groups is 1. The minimum atomic E-state index is -0.590. The summed E-state index contributed by atoms with van der Waals surface area (Å²) in [5, 5.41) is 9.38. The monoisotopic (exact) mass is 233 g/mol. The molecule has 17 heavy (non-hydrogen) atoms. The summed E-state index contributed by atoms with van der Waals surface area (Å²) in [5.41, 5.74) is 0.953. The molecule has 4 heteroatoms. The molecule has 1 atom stereocenters. The highest BCUT2D eigenvalue weighted by molar-refractivity contribution is 5.68. The molecule has 0 spiro atoms. The first-order chi connectivity index (χ1) is 8.25. The number of hydrogen-bond acceptors (Lipinski definition) is 3. The van der Waals surface area contributed by atoms with Gasteiger partial charge >= 0.3 is 6.09 Å². The molecule has 0 radical (unpaired) electrons. The van der Waals surface area contributed by atoms with Gasteiger partial charge in [-0.05, 0) is 5.56 Å². The van der Waals surface area contributed by atoms with Crippen LogP contribution in [0, 0.1) is 0 Å². The predicted octanol–water partition coefficient (Wildman–Crippen LogP) is 1.56. The fourth-order valence-corrected chi connectivity index (χ4v) is 1.67. The van der Waals surface area contributed by atoms with Crippen molar-refractivity contribution >= 4 is 6.09 Å². The van der Waals surface area contributed by atoms with E-state index in [2.05, 4.69) is 0 Å². The maximum atomic E-state index is 11.7. The Kier molecular flexibility index (Phi) is 3.77. The number of ether oxygens (including phenoxy) is 1. The smallest absolute Gasteiger partial charge is 0.410 e. The molecule has 0 saturated carbocycles. The third-order valence-electron chi connectivity index (χ3n) is 2.55. The molecule has 0 fully saturated rings. The van der Waals surface area contributed by atoms with Crippen LogP contribution in [0.3, 0.4) is 0 Å². The van der Waals surface area contributed by atoms with Crippen molar-refractivity contribution in [3.05, 3.63) is 48.0 Å². The number of amides is 1. The van der Waals surface area contributed by atoms with Gasteiger partial charge in [-0.2, -0.15) is 0 Å². The highest BCUT2D eigenvalue weighted by atomic mass is 16.6. The fourth-order valence-electron chi connectivity index (χ4n) is 1.67. The zero-order valence-electron chi connectivity index (χ0n) is 9.45. The van der Waals surface area contributed by atoms with Crippen LogP contribution in [0.25, 0.3) is 0 Å². The van der Waals surface area contributed by atoms with Crippen molar-refractivity contribution in [3.8, 4) is 0 Å². The van der Waals surface area contributed by atoms with E-state index in [1.54, 1.807) is 12.2 Å². The Morgan fingerprint density at radius 2 is 2.18 bits per heavy atom. The maximum Gasteiger partial charge on any atom is 0.410 e. The third kappa shape index (κ3) is 3.32. The third-order valence-corrected chi connectivity index (χ3v) is 2.55. The standard InChI is InChI=1S/C13H15NO3/c15-12-7-4-8-14(9-12)13(16)17-10-11-5-2-1-3-6-11/h1-7,12,15H,8-10H2/t12-/m1/s1. The van der Waals surface area contributed by atoms with Crippen LogP contribution in [0.15, 0.2) is 42.5 Å². The molecular weight excluding hydrogens is 218 g/mol. The van der Waals surface area contributed by atoms with Gasteiger partial charge in [-0.15, -0.1) is 0 Å². The van der Waals surface area contributed by atoms with Gasteiger partial charge in [0.25, 0.3) is 0 Å². The van der Waals surface area contributed by atoms with Gasteiger partial charge in [0, 0.05) is 6.54 Å². The summed E-state index contributed by atoms with van der Waals surface area (Å²) >= 11 is 0. The molecule has 4 nitrogen and oxygen atoms in total. The molecule has 1 heterocycles. The van der Waals surface area contributed by atoms with E-state index >= 15 is 0 Å². The molecule has 1 aromatic rings. The van der Waals surface area contributed by atoms with Crippen LogP contribution in [0.2, 0.25) is 0 Å². The number of hydrogen-bond donors (Lipinski definition) is 1. The van der Waals surface area contributed by atoms with Gasteiger partial charge in [0.1, 0.15) is 6.61 Å². The number of benzene rings is 1. The van der Waals surface area contributed by atoms with Crippen LogP contribution in [0.4, 0.5) is 4.79 Å². The van der Waals surface area contributed by atoms with E-state index in [1.807, 2.05) is 30.3 Å². The second kappa shape index (κ2) is 5.50. The molecule has 1 aliphatic heterocycles. The van der Waals surface area contributed by atoms with Crippen molar-refractivity contribution in [2.24, 2.45) is 0 Å². The quantitative estimate of drug-likeness (QED) is 0.788. The zero-order chi connectivity index (χ0) is 12.1. The lowest BCUT2D eigenvalue weighted by Crippen LogP contribution is -2.39. The summed E-state index contributed by atoms with van der Waals surface area (Å²) in [6.45, 7) is 1.05. The molecule has 1 N–H and O–H groups in total. The van der Waals surface area contributed by atoms with Gasteiger partial charge in [0.2, 0.25) is 0 Å². The average molecular weight is 233 g/mol. The topological polar surface area (TPSA) is 49.8 Å². The molecule has 1 aromatic carbocycles. The van der Waals surface area contributed by atoms with E-state index in [4.69, 9.17) is 4.74 Å². The highest BCUT2D eigenvalue weighted by Crippen LogP contribution is 2.07. The van der Waals surface area contributed by atoms with Gasteiger partial charge in [-0.1, -0.05) is 42.5 Å². The van der Waals surface area contributed by atoms with E-state index in [9.17, 15) is 9.90 Å². The van der Waals surface area contributed by atoms with Crippen molar-refractivity contribution in [2.45, 2.75) is 12.7 Å². The fraction of sp³-hybridized carbons (Fsp3) is 0.308. The molecule has 0 saturated heterocycles. The Labute approximate surface area is 100 Å². The molecule has 1 amide bonds. The minimum absolute atomic E-state index is 0.260. The Balaban J connectivity index is 1.84. The summed E-state index contributed by atoms with van der Waals surface area (Å²) in [4.78, 5) is 13.2. The van der Waals surface area contributed by atoms with Gasteiger partial charge in [-0.25, -0.2) is 4.79 Å². The van der Waals surface area contributed by atoms with E-state index in [1.165, 1.54) is 4.90 Å². The number of rotatable bonds is 2. The number of aliphatic hydroxyl groups is 1. The SMILES string of the molecule is O=C(OCc1ccccc1)N1CC=C[C@@H](O)C1. The number of carbonyl (C=O) groups excluding carboxylic acids is 1. The van der Waals surface area contributed by atoms with Crippen molar-refractivity contribution in [1.82, 2.24) is 4.90 Å². The summed E-state index contributed by atoms with van der Waals surface area (Å²) in [5.74, 6) is 0. The van der Waals surface area contributed by atoms with Crippen molar-refractivity contribution in [2.75, 3.05) is 13.1 Å². The summed E-state index contributed by atoms with van der Waals surface area (Å²) < 4.78 is 5.16. The second-order valence-corrected chi connectivity index (χ2v) is 3.94. The number of aliphatic hydroxyl groups excluding tert-OH is 1. The van der Waals surface area contributed by atoms with E-state index in [-0.39, 0.29) is 6.61 Å². The molecule has 0 aromatic heterocycles. The Bertz CT molecular complexity index is 402. The van der Waals surface area contributed by atoms with Crippen LogP contribution in [-0.4, -0.2) is 35.3 Å². The van der Waals surface area contributed by atoms with Crippen LogP contribution in [0.1, 0.15) is 5.56 Å². The van der Waals surface area contributed by atoms with Gasteiger partial charge in [0.15, 0.2) is 0 Å². The van der Waals surface area contributed by atoms with E-state index < -0.39 is 12.2 Å². The van der Waals surface area contributed by atoms with Gasteiger partial charge in [0.05, 0.1) is 12.6 Å². The average Bonchev–Trinajstić information content (AvgIpc) is 2.37. The van der Waals surface area contributed by atoms with Crippen LogP contribution in [-0.2, 0) is 11.3 Å². The molecule has 0 bridgehead atoms. The predicted molar refractivity (Wildman–Crippen MR) is 63.3 cm³/mol.